The number of anilines is 1. The number of H-pyrrole nitrogens is 1. The van der Waals surface area contributed by atoms with Gasteiger partial charge in [0, 0.05) is 12.1 Å². The van der Waals surface area contributed by atoms with Crippen LogP contribution in [0.3, 0.4) is 0 Å². The van der Waals surface area contributed by atoms with Crippen molar-refractivity contribution in [3.63, 3.8) is 0 Å². The van der Waals surface area contributed by atoms with E-state index >= 15 is 0 Å². The van der Waals surface area contributed by atoms with Gasteiger partial charge in [-0.25, -0.2) is 4.98 Å². The quantitative estimate of drug-likeness (QED) is 0.654. The van der Waals surface area contributed by atoms with Gasteiger partial charge in [0.15, 0.2) is 6.10 Å². The number of imidazole rings is 1. The molecule has 3 N–H and O–H groups in total. The van der Waals surface area contributed by atoms with Gasteiger partial charge in [-0.15, -0.1) is 0 Å². The minimum absolute atomic E-state index is 0.0361. The van der Waals surface area contributed by atoms with Crippen LogP contribution in [-0.2, 0) is 6.42 Å². The van der Waals surface area contributed by atoms with Gasteiger partial charge < -0.3 is 15.5 Å². The summed E-state index contributed by atoms with van der Waals surface area (Å²) in [5.41, 5.74) is 9.61. The van der Waals surface area contributed by atoms with Gasteiger partial charge in [-0.1, -0.05) is 18.2 Å². The molecule has 0 saturated heterocycles. The summed E-state index contributed by atoms with van der Waals surface area (Å²) in [6.45, 7) is 0. The first kappa shape index (κ1) is 10.4. The average molecular weight is 251 g/mol. The summed E-state index contributed by atoms with van der Waals surface area (Å²) in [7, 11) is 0. The number of hydrogen-bond donors (Lipinski definition) is 2. The smallest absolute Gasteiger partial charge is 0.160 e. The molecule has 1 aromatic heterocycles. The summed E-state index contributed by atoms with van der Waals surface area (Å²) in [5.74, 6) is 1.81. The highest BCUT2D eigenvalue weighted by Crippen LogP contribution is 2.35. The molecule has 3 aromatic rings. The lowest BCUT2D eigenvalue weighted by Crippen LogP contribution is -2.05. The Morgan fingerprint density at radius 3 is 3.00 bits per heavy atom. The summed E-state index contributed by atoms with van der Waals surface area (Å²) < 4.78 is 5.93. The molecule has 1 atom stereocenters. The largest absolute Gasteiger partial charge is 0.482 e. The minimum Gasteiger partial charge on any atom is -0.482 e. The van der Waals surface area contributed by atoms with Crippen molar-refractivity contribution in [3.8, 4) is 5.75 Å². The molecule has 2 heterocycles. The summed E-state index contributed by atoms with van der Waals surface area (Å²) in [5, 5.41) is 0. The highest BCUT2D eigenvalue weighted by Gasteiger charge is 2.26. The van der Waals surface area contributed by atoms with E-state index in [1.54, 1.807) is 0 Å². The summed E-state index contributed by atoms with van der Waals surface area (Å²) >= 11 is 0. The molecule has 4 heteroatoms. The first-order valence-electron chi connectivity index (χ1n) is 6.29. The van der Waals surface area contributed by atoms with Gasteiger partial charge in [-0.3, -0.25) is 0 Å². The lowest BCUT2D eigenvalue weighted by atomic mass is 10.1. The molecule has 19 heavy (non-hydrogen) atoms. The Balaban J connectivity index is 1.73. The first-order valence-corrected chi connectivity index (χ1v) is 6.29. The van der Waals surface area contributed by atoms with Crippen LogP contribution in [0.2, 0.25) is 0 Å². The maximum absolute atomic E-state index is 5.93. The number of ether oxygens (including phenoxy) is 1. The fourth-order valence-electron chi connectivity index (χ4n) is 2.53. The van der Waals surface area contributed by atoms with Gasteiger partial charge in [0.1, 0.15) is 11.6 Å². The van der Waals surface area contributed by atoms with Crippen molar-refractivity contribution in [2.24, 2.45) is 0 Å². The van der Waals surface area contributed by atoms with Crippen LogP contribution in [0.15, 0.2) is 42.5 Å². The van der Waals surface area contributed by atoms with E-state index in [0.29, 0.717) is 0 Å². The molecule has 0 fully saturated rings. The Bertz CT molecular complexity index is 738. The maximum Gasteiger partial charge on any atom is 0.160 e. The van der Waals surface area contributed by atoms with Crippen molar-refractivity contribution in [2.45, 2.75) is 12.5 Å². The first-order chi connectivity index (χ1) is 9.29. The SMILES string of the molecule is Nc1ccc2nc(C3Cc4ccccc4O3)[nH]c2c1. The van der Waals surface area contributed by atoms with Crippen molar-refractivity contribution < 1.29 is 4.74 Å². The molecule has 0 bridgehead atoms. The second-order valence-electron chi connectivity index (χ2n) is 4.82. The second-order valence-corrected chi connectivity index (χ2v) is 4.82. The molecule has 1 aliphatic rings. The van der Waals surface area contributed by atoms with E-state index in [0.717, 1.165) is 34.7 Å². The Morgan fingerprint density at radius 1 is 1.21 bits per heavy atom. The monoisotopic (exact) mass is 251 g/mol. The fraction of sp³-hybridized carbons (Fsp3) is 0.133. The number of aromatic nitrogens is 2. The molecule has 0 radical (unpaired) electrons. The molecule has 94 valence electrons. The molecule has 0 spiro atoms. The lowest BCUT2D eigenvalue weighted by Gasteiger charge is -2.06. The zero-order valence-electron chi connectivity index (χ0n) is 10.3. The van der Waals surface area contributed by atoms with Crippen molar-refractivity contribution in [1.29, 1.82) is 0 Å². The van der Waals surface area contributed by atoms with Crippen LogP contribution < -0.4 is 10.5 Å². The van der Waals surface area contributed by atoms with Crippen molar-refractivity contribution >= 4 is 16.7 Å². The average Bonchev–Trinajstić information content (AvgIpc) is 3.00. The minimum atomic E-state index is -0.0361. The topological polar surface area (TPSA) is 63.9 Å². The number of nitrogens with zero attached hydrogens (tertiary/aromatic N) is 1. The van der Waals surface area contributed by atoms with Gasteiger partial charge >= 0.3 is 0 Å². The maximum atomic E-state index is 5.93. The Morgan fingerprint density at radius 2 is 2.11 bits per heavy atom. The summed E-state index contributed by atoms with van der Waals surface area (Å²) in [6, 6.07) is 13.8. The van der Waals surface area contributed by atoms with Crippen LogP contribution in [0.4, 0.5) is 5.69 Å². The molecule has 0 amide bonds. The highest BCUT2D eigenvalue weighted by molar-refractivity contribution is 5.78. The number of hydrogen-bond acceptors (Lipinski definition) is 3. The molecule has 2 aromatic carbocycles. The number of nitrogen functional groups attached to an aromatic ring is 1. The van der Waals surface area contributed by atoms with Crippen LogP contribution in [-0.4, -0.2) is 9.97 Å². The molecule has 0 aliphatic carbocycles. The molecule has 0 saturated carbocycles. The number of fused-ring (bicyclic) bond motifs is 2. The number of nitrogens with one attached hydrogen (secondary N) is 1. The zero-order valence-corrected chi connectivity index (χ0v) is 10.3. The van der Waals surface area contributed by atoms with Crippen LogP contribution in [0.1, 0.15) is 17.5 Å². The van der Waals surface area contributed by atoms with E-state index in [4.69, 9.17) is 10.5 Å². The number of para-hydroxylation sites is 1. The molecular weight excluding hydrogens is 238 g/mol. The standard InChI is InChI=1S/C15H13N3O/c16-10-5-6-11-12(8-10)18-15(17-11)14-7-9-3-1-2-4-13(9)19-14/h1-6,8,14H,7,16H2,(H,17,18). The molecular formula is C15H13N3O. The molecule has 1 unspecified atom stereocenters. The zero-order chi connectivity index (χ0) is 12.8. The van der Waals surface area contributed by atoms with Crippen LogP contribution in [0, 0.1) is 0 Å². The van der Waals surface area contributed by atoms with Crippen molar-refractivity contribution in [3.05, 3.63) is 53.9 Å². The van der Waals surface area contributed by atoms with E-state index in [1.807, 2.05) is 36.4 Å². The van der Waals surface area contributed by atoms with E-state index in [-0.39, 0.29) is 6.10 Å². The number of benzene rings is 2. The third kappa shape index (κ3) is 1.64. The lowest BCUT2D eigenvalue weighted by molar-refractivity contribution is 0.229. The second kappa shape index (κ2) is 3.75. The predicted molar refractivity (Wildman–Crippen MR) is 74.0 cm³/mol. The molecule has 4 rings (SSSR count). The summed E-state index contributed by atoms with van der Waals surface area (Å²) in [4.78, 5) is 7.88. The van der Waals surface area contributed by atoms with E-state index in [2.05, 4.69) is 16.0 Å². The Kier molecular flexibility index (Phi) is 2.06. The highest BCUT2D eigenvalue weighted by atomic mass is 16.5. The number of aromatic amines is 1. The number of nitrogens with two attached hydrogens (primary N) is 1. The van der Waals surface area contributed by atoms with Gasteiger partial charge in [0.05, 0.1) is 11.0 Å². The fourth-order valence-corrected chi connectivity index (χ4v) is 2.53. The van der Waals surface area contributed by atoms with Crippen LogP contribution >= 0.6 is 0 Å². The van der Waals surface area contributed by atoms with Gasteiger partial charge in [-0.05, 0) is 29.8 Å². The van der Waals surface area contributed by atoms with Crippen LogP contribution in [0.5, 0.6) is 5.75 Å². The normalized spacial score (nSPS) is 17.4. The number of rotatable bonds is 1. The van der Waals surface area contributed by atoms with E-state index in [9.17, 15) is 0 Å². The third-order valence-corrected chi connectivity index (χ3v) is 3.48. The van der Waals surface area contributed by atoms with Gasteiger partial charge in [0.2, 0.25) is 0 Å². The predicted octanol–water partition coefficient (Wildman–Crippen LogP) is 2.82. The van der Waals surface area contributed by atoms with Crippen molar-refractivity contribution in [2.75, 3.05) is 5.73 Å². The molecule has 1 aliphatic heterocycles. The van der Waals surface area contributed by atoms with Crippen LogP contribution in [0.25, 0.3) is 11.0 Å². The Hall–Kier alpha value is -2.49. The Labute approximate surface area is 110 Å². The van der Waals surface area contributed by atoms with E-state index in [1.165, 1.54) is 5.56 Å². The van der Waals surface area contributed by atoms with Crippen molar-refractivity contribution in [1.82, 2.24) is 9.97 Å². The summed E-state index contributed by atoms with van der Waals surface area (Å²) in [6.07, 6.45) is 0.817. The third-order valence-electron chi connectivity index (χ3n) is 3.48. The van der Waals surface area contributed by atoms with Gasteiger partial charge in [-0.2, -0.15) is 0 Å². The van der Waals surface area contributed by atoms with E-state index < -0.39 is 0 Å². The molecule has 4 nitrogen and oxygen atoms in total. The van der Waals surface area contributed by atoms with Gasteiger partial charge in [0.25, 0.3) is 0 Å².